The van der Waals surface area contributed by atoms with Gasteiger partial charge < -0.3 is 15.4 Å². The molecule has 1 atom stereocenters. The van der Waals surface area contributed by atoms with E-state index in [1.54, 1.807) is 29.2 Å². The van der Waals surface area contributed by atoms with Crippen molar-refractivity contribution < 1.29 is 14.3 Å². The predicted octanol–water partition coefficient (Wildman–Crippen LogP) is 2.65. The van der Waals surface area contributed by atoms with Crippen LogP contribution in [0.5, 0.6) is 0 Å². The van der Waals surface area contributed by atoms with Crippen LogP contribution in [0.1, 0.15) is 39.1 Å². The lowest BCUT2D eigenvalue weighted by molar-refractivity contribution is 0.0525. The van der Waals surface area contributed by atoms with Crippen LogP contribution in [0.2, 0.25) is 0 Å². The lowest BCUT2D eigenvalue weighted by atomic mass is 10.1. The van der Waals surface area contributed by atoms with Gasteiger partial charge in [0.15, 0.2) is 0 Å². The van der Waals surface area contributed by atoms with E-state index in [1.807, 2.05) is 18.2 Å². The molecule has 5 nitrogen and oxygen atoms in total. The molecule has 2 N–H and O–H groups in total. The Hall–Kier alpha value is -2.66. The summed E-state index contributed by atoms with van der Waals surface area (Å²) < 4.78 is 5.93. The molecule has 3 rings (SSSR count). The van der Waals surface area contributed by atoms with E-state index >= 15 is 0 Å². The van der Waals surface area contributed by atoms with Crippen LogP contribution in [0.25, 0.3) is 0 Å². The lowest BCUT2D eigenvalue weighted by Gasteiger charge is -2.17. The third-order valence-electron chi connectivity index (χ3n) is 4.63. The first-order valence-electron chi connectivity index (χ1n) is 8.98. The minimum Gasteiger partial charge on any atom is -0.376 e. The van der Waals surface area contributed by atoms with Crippen molar-refractivity contribution in [2.75, 3.05) is 19.7 Å². The highest BCUT2D eigenvalue weighted by molar-refractivity contribution is 5.99. The zero-order valence-corrected chi connectivity index (χ0v) is 14.8. The van der Waals surface area contributed by atoms with E-state index in [4.69, 9.17) is 10.5 Å². The number of nitrogens with zero attached hydrogens (tertiary/aromatic N) is 1. The number of rotatable bonds is 7. The Morgan fingerprint density at radius 1 is 1.08 bits per heavy atom. The fourth-order valence-electron chi connectivity index (χ4n) is 3.21. The van der Waals surface area contributed by atoms with Crippen LogP contribution >= 0.6 is 0 Å². The molecule has 0 bridgehead atoms. The largest absolute Gasteiger partial charge is 0.376 e. The highest BCUT2D eigenvalue weighted by atomic mass is 16.5. The van der Waals surface area contributed by atoms with Crippen LogP contribution in [-0.4, -0.2) is 42.5 Å². The van der Waals surface area contributed by atoms with E-state index in [-0.39, 0.29) is 12.0 Å². The maximum absolute atomic E-state index is 12.6. The second-order valence-electron chi connectivity index (χ2n) is 6.57. The molecule has 1 unspecified atom stereocenters. The second-order valence-corrected chi connectivity index (χ2v) is 6.57. The summed E-state index contributed by atoms with van der Waals surface area (Å²) in [6.45, 7) is 1.95. The van der Waals surface area contributed by atoms with Crippen molar-refractivity contribution in [3.63, 3.8) is 0 Å². The molecule has 1 saturated heterocycles. The van der Waals surface area contributed by atoms with Gasteiger partial charge in [-0.3, -0.25) is 9.59 Å². The van der Waals surface area contributed by atoms with E-state index in [1.165, 1.54) is 5.56 Å². The van der Waals surface area contributed by atoms with Gasteiger partial charge in [-0.05, 0) is 43.0 Å². The Bertz CT molecular complexity index is 761. The topological polar surface area (TPSA) is 72.6 Å². The second kappa shape index (κ2) is 8.63. The minimum absolute atomic E-state index is 0.0778. The normalized spacial score (nSPS) is 16.6. The fourth-order valence-corrected chi connectivity index (χ4v) is 3.21. The molecule has 2 aromatic carbocycles. The van der Waals surface area contributed by atoms with Crippen LogP contribution in [0.4, 0.5) is 0 Å². The lowest BCUT2D eigenvalue weighted by Crippen LogP contribution is -2.30. The van der Waals surface area contributed by atoms with Gasteiger partial charge in [0.2, 0.25) is 5.91 Å². The summed E-state index contributed by atoms with van der Waals surface area (Å²) in [6.07, 6.45) is 2.88. The van der Waals surface area contributed by atoms with Crippen molar-refractivity contribution in [2.45, 2.75) is 25.4 Å². The molecule has 0 saturated carbocycles. The van der Waals surface area contributed by atoms with E-state index < -0.39 is 5.91 Å². The summed E-state index contributed by atoms with van der Waals surface area (Å²) in [5.41, 5.74) is 7.44. The van der Waals surface area contributed by atoms with Gasteiger partial charge in [0, 0.05) is 30.8 Å². The highest BCUT2D eigenvalue weighted by Gasteiger charge is 2.27. The van der Waals surface area contributed by atoms with Crippen LogP contribution in [0.3, 0.4) is 0 Å². The maximum Gasteiger partial charge on any atom is 0.253 e. The number of likely N-dealkylation sites (tertiary alicyclic amines) is 1. The van der Waals surface area contributed by atoms with E-state index in [9.17, 15) is 9.59 Å². The molecule has 1 heterocycles. The Morgan fingerprint density at radius 2 is 1.85 bits per heavy atom. The molecular formula is C21H24N2O3. The monoisotopic (exact) mass is 352 g/mol. The number of hydrogen-bond donors (Lipinski definition) is 1. The SMILES string of the molecule is NC(=O)c1cccc(C(=O)N2CCC(OCCCc3ccccc3)C2)c1. The number of carbonyl (C=O) groups excluding carboxylic acids is 2. The van der Waals surface area contributed by atoms with Gasteiger partial charge in [0.1, 0.15) is 0 Å². The predicted molar refractivity (Wildman–Crippen MR) is 100.0 cm³/mol. The summed E-state index contributed by atoms with van der Waals surface area (Å²) in [7, 11) is 0. The van der Waals surface area contributed by atoms with Crippen molar-refractivity contribution in [2.24, 2.45) is 5.73 Å². The number of nitrogens with two attached hydrogens (primary N) is 1. The van der Waals surface area contributed by atoms with Gasteiger partial charge in [0.05, 0.1) is 6.10 Å². The van der Waals surface area contributed by atoms with Crippen molar-refractivity contribution in [3.05, 3.63) is 71.3 Å². The number of hydrogen-bond acceptors (Lipinski definition) is 3. The summed E-state index contributed by atoms with van der Waals surface area (Å²) in [4.78, 5) is 25.7. The summed E-state index contributed by atoms with van der Waals surface area (Å²) in [6, 6.07) is 16.9. The van der Waals surface area contributed by atoms with Crippen LogP contribution in [0.15, 0.2) is 54.6 Å². The molecule has 0 radical (unpaired) electrons. The summed E-state index contributed by atoms with van der Waals surface area (Å²) in [5, 5.41) is 0. The minimum atomic E-state index is -0.527. The number of aryl methyl sites for hydroxylation is 1. The molecule has 1 fully saturated rings. The van der Waals surface area contributed by atoms with Crippen molar-refractivity contribution >= 4 is 11.8 Å². The molecule has 1 aliphatic rings. The fraction of sp³-hybridized carbons (Fsp3) is 0.333. The first kappa shape index (κ1) is 18.1. The van der Waals surface area contributed by atoms with Gasteiger partial charge in [-0.1, -0.05) is 36.4 Å². The molecule has 136 valence electrons. The van der Waals surface area contributed by atoms with Crippen LogP contribution in [0, 0.1) is 0 Å². The van der Waals surface area contributed by atoms with Crippen LogP contribution < -0.4 is 5.73 Å². The standard InChI is InChI=1S/C21H24N2O3/c22-20(24)17-9-4-10-18(14-17)21(25)23-12-11-19(15-23)26-13-5-8-16-6-2-1-3-7-16/h1-4,6-7,9-10,14,19H,5,8,11-13,15H2,(H2,22,24). The maximum atomic E-state index is 12.6. The Labute approximate surface area is 153 Å². The van der Waals surface area contributed by atoms with Crippen molar-refractivity contribution in [1.82, 2.24) is 4.90 Å². The zero-order chi connectivity index (χ0) is 18.4. The van der Waals surface area contributed by atoms with Gasteiger partial charge in [-0.25, -0.2) is 0 Å². The first-order chi connectivity index (χ1) is 12.6. The van der Waals surface area contributed by atoms with Gasteiger partial charge in [-0.2, -0.15) is 0 Å². The Morgan fingerprint density at radius 3 is 2.62 bits per heavy atom. The molecule has 5 heteroatoms. The average Bonchev–Trinajstić information content (AvgIpc) is 3.14. The van der Waals surface area contributed by atoms with Crippen molar-refractivity contribution in [3.8, 4) is 0 Å². The third-order valence-corrected chi connectivity index (χ3v) is 4.63. The number of benzene rings is 2. The molecule has 1 aliphatic heterocycles. The van der Waals surface area contributed by atoms with Gasteiger partial charge >= 0.3 is 0 Å². The third kappa shape index (κ3) is 4.70. The number of primary amides is 1. The Balaban J connectivity index is 1.45. The molecule has 2 aromatic rings. The van der Waals surface area contributed by atoms with Gasteiger partial charge in [-0.15, -0.1) is 0 Å². The molecule has 0 aliphatic carbocycles. The van der Waals surface area contributed by atoms with E-state index in [0.29, 0.717) is 30.8 Å². The van der Waals surface area contributed by atoms with Crippen molar-refractivity contribution in [1.29, 1.82) is 0 Å². The smallest absolute Gasteiger partial charge is 0.253 e. The quantitative estimate of drug-likeness (QED) is 0.779. The molecule has 0 spiro atoms. The first-order valence-corrected chi connectivity index (χ1v) is 8.98. The Kier molecular flexibility index (Phi) is 6.02. The highest BCUT2D eigenvalue weighted by Crippen LogP contribution is 2.17. The molecule has 26 heavy (non-hydrogen) atoms. The average molecular weight is 352 g/mol. The molecule has 2 amide bonds. The van der Waals surface area contributed by atoms with E-state index in [0.717, 1.165) is 19.3 Å². The summed E-state index contributed by atoms with van der Waals surface area (Å²) >= 11 is 0. The summed E-state index contributed by atoms with van der Waals surface area (Å²) in [5.74, 6) is -0.607. The van der Waals surface area contributed by atoms with E-state index in [2.05, 4.69) is 12.1 Å². The van der Waals surface area contributed by atoms with Gasteiger partial charge in [0.25, 0.3) is 5.91 Å². The zero-order valence-electron chi connectivity index (χ0n) is 14.8. The number of amides is 2. The molecular weight excluding hydrogens is 328 g/mol. The number of carbonyl (C=O) groups is 2. The van der Waals surface area contributed by atoms with Crippen LogP contribution in [-0.2, 0) is 11.2 Å². The number of ether oxygens (including phenoxy) is 1. The molecule has 0 aromatic heterocycles.